The molecular weight excluding hydrogens is 560 g/mol. The Morgan fingerprint density at radius 2 is 1.74 bits per heavy atom. The second-order valence-electron chi connectivity index (χ2n) is 13.3. The van der Waals surface area contributed by atoms with Crippen molar-refractivity contribution in [2.45, 2.75) is 80.8 Å². The fourth-order valence-corrected chi connectivity index (χ4v) is 9.07. The maximum Gasteiger partial charge on any atom is 0.255 e. The van der Waals surface area contributed by atoms with E-state index in [-0.39, 0.29) is 16.9 Å². The standard InChI is InChI=1S/C31H40N2O8S/c1-30(2,3)16-11-10-14-15(12-42-13-8-6-7-9-13)17-19(24(35)18(14)23(16)34)27(38)31(41)21(25(17)36)22(33(4)5)26(37)20(28(31)39)29(32)40/h10-11,13,15,17,21-22,25,34-36,39,41H,6-9,12H2,1-5H3,(H2,32,40)/t15?,17?,21?,22-,25?,31-/m0/s1. The fourth-order valence-electron chi connectivity index (χ4n) is 7.53. The smallest absolute Gasteiger partial charge is 0.255 e. The summed E-state index contributed by atoms with van der Waals surface area (Å²) in [6, 6.07) is 2.21. The Kier molecular flexibility index (Phi) is 7.57. The third-order valence-corrected chi connectivity index (χ3v) is 11.0. The number of hydrogen-bond acceptors (Lipinski definition) is 10. The SMILES string of the molecule is CN(C)[C@@H]1C(=O)C(C(N)=O)=C(O)[C@@]2(O)C(=O)C3=C(O)c4c(ccc(C(C)(C)C)c4O)C(CSC4CCCC4)C3C(O)C12. The van der Waals surface area contributed by atoms with E-state index in [4.69, 9.17) is 5.73 Å². The zero-order valence-electron chi connectivity index (χ0n) is 24.5. The lowest BCUT2D eigenvalue weighted by Gasteiger charge is -2.54. The number of aliphatic hydroxyl groups excluding tert-OH is 3. The molecule has 0 aliphatic heterocycles. The van der Waals surface area contributed by atoms with Gasteiger partial charge in [0.05, 0.1) is 23.6 Å². The highest BCUT2D eigenvalue weighted by molar-refractivity contribution is 7.99. The Balaban J connectivity index is 1.78. The zero-order valence-corrected chi connectivity index (χ0v) is 25.4. The van der Waals surface area contributed by atoms with Gasteiger partial charge in [0, 0.05) is 34.0 Å². The number of aliphatic hydroxyl groups is 4. The Bertz CT molecular complexity index is 1420. The molecule has 1 amide bonds. The Labute approximate surface area is 249 Å². The lowest BCUT2D eigenvalue weighted by molar-refractivity contribution is -0.169. The molecule has 0 heterocycles. The summed E-state index contributed by atoms with van der Waals surface area (Å²) in [5.41, 5.74) is 1.82. The summed E-state index contributed by atoms with van der Waals surface area (Å²) in [6.45, 7) is 5.69. The van der Waals surface area contributed by atoms with Crippen LogP contribution in [0.2, 0.25) is 0 Å². The summed E-state index contributed by atoms with van der Waals surface area (Å²) in [4.78, 5) is 41.5. The third kappa shape index (κ3) is 4.31. The largest absolute Gasteiger partial charge is 0.508 e. The van der Waals surface area contributed by atoms with E-state index in [1.54, 1.807) is 23.9 Å². The highest BCUT2D eigenvalue weighted by Gasteiger charge is 2.68. The first-order valence-corrected chi connectivity index (χ1v) is 15.4. The molecule has 6 atom stereocenters. The van der Waals surface area contributed by atoms with Gasteiger partial charge in [-0.1, -0.05) is 45.7 Å². The van der Waals surface area contributed by atoms with E-state index >= 15 is 0 Å². The summed E-state index contributed by atoms with van der Waals surface area (Å²) < 4.78 is 0. The van der Waals surface area contributed by atoms with Crippen LogP contribution in [0, 0.1) is 11.8 Å². The molecule has 5 rings (SSSR count). The van der Waals surface area contributed by atoms with Crippen molar-refractivity contribution in [3.05, 3.63) is 45.7 Å². The first kappa shape index (κ1) is 30.6. The maximum atomic E-state index is 14.4. The topological polar surface area (TPSA) is 182 Å². The van der Waals surface area contributed by atoms with E-state index in [0.717, 1.165) is 25.7 Å². The molecule has 7 N–H and O–H groups in total. The van der Waals surface area contributed by atoms with Crippen molar-refractivity contribution in [2.75, 3.05) is 19.8 Å². The number of fused-ring (bicyclic) bond motifs is 3. The molecule has 0 bridgehead atoms. The van der Waals surface area contributed by atoms with Crippen LogP contribution in [-0.4, -0.2) is 90.8 Å². The normalized spacial score (nSPS) is 31.9. The van der Waals surface area contributed by atoms with Gasteiger partial charge in [0.1, 0.15) is 22.8 Å². The molecule has 0 saturated heterocycles. The minimum atomic E-state index is -2.93. The van der Waals surface area contributed by atoms with E-state index in [9.17, 15) is 39.9 Å². The highest BCUT2D eigenvalue weighted by atomic mass is 32.2. The zero-order chi connectivity index (χ0) is 31.0. The van der Waals surface area contributed by atoms with Crippen LogP contribution in [0.3, 0.4) is 0 Å². The molecule has 0 spiro atoms. The number of hydrogen-bond donors (Lipinski definition) is 6. The number of Topliss-reactive ketones (excluding diaryl/α,β-unsaturated/α-hetero) is 2. The van der Waals surface area contributed by atoms with Crippen LogP contribution in [0.15, 0.2) is 29.0 Å². The summed E-state index contributed by atoms with van der Waals surface area (Å²) in [5, 5.41) is 58.8. The summed E-state index contributed by atoms with van der Waals surface area (Å²) in [6.07, 6.45) is 2.69. The molecule has 228 valence electrons. The van der Waals surface area contributed by atoms with Gasteiger partial charge in [-0.25, -0.2) is 0 Å². The summed E-state index contributed by atoms with van der Waals surface area (Å²) in [5.74, 6) is -8.21. The predicted molar refractivity (Wildman–Crippen MR) is 158 cm³/mol. The van der Waals surface area contributed by atoms with Crippen LogP contribution in [0.4, 0.5) is 0 Å². The van der Waals surface area contributed by atoms with Gasteiger partial charge < -0.3 is 31.3 Å². The van der Waals surface area contributed by atoms with Crippen molar-refractivity contribution in [3.8, 4) is 5.75 Å². The lowest BCUT2D eigenvalue weighted by atomic mass is 9.54. The number of nitrogens with zero attached hydrogens (tertiary/aromatic N) is 1. The van der Waals surface area contributed by atoms with Crippen LogP contribution >= 0.6 is 11.8 Å². The molecule has 2 fully saturated rings. The number of phenolic OH excluding ortho intramolecular Hbond substituents is 1. The number of thioether (sulfide) groups is 1. The molecule has 1 aromatic rings. The van der Waals surface area contributed by atoms with Crippen LogP contribution in [0.1, 0.15) is 69.1 Å². The molecule has 2 saturated carbocycles. The average Bonchev–Trinajstić information content (AvgIpc) is 3.41. The van der Waals surface area contributed by atoms with Gasteiger partial charge in [0.25, 0.3) is 5.91 Å². The van der Waals surface area contributed by atoms with E-state index in [1.165, 1.54) is 19.0 Å². The second-order valence-corrected chi connectivity index (χ2v) is 14.6. The number of nitrogens with two attached hydrogens (primary N) is 1. The minimum Gasteiger partial charge on any atom is -0.508 e. The van der Waals surface area contributed by atoms with E-state index in [1.807, 2.05) is 20.8 Å². The predicted octanol–water partition coefficient (Wildman–Crippen LogP) is 2.45. The number of phenols is 1. The van der Waals surface area contributed by atoms with Crippen LogP contribution in [0.25, 0.3) is 5.76 Å². The number of benzene rings is 1. The number of carbonyl (C=O) groups excluding carboxylic acids is 3. The quantitative estimate of drug-likeness (QED) is 0.275. The third-order valence-electron chi connectivity index (χ3n) is 9.55. The molecule has 10 nitrogen and oxygen atoms in total. The number of likely N-dealkylation sites (N-methyl/N-ethyl adjacent to an activating group) is 1. The van der Waals surface area contributed by atoms with Gasteiger partial charge >= 0.3 is 0 Å². The second kappa shape index (κ2) is 10.4. The van der Waals surface area contributed by atoms with Gasteiger partial charge in [0.2, 0.25) is 5.78 Å². The van der Waals surface area contributed by atoms with E-state index in [0.29, 0.717) is 22.1 Å². The number of carbonyl (C=O) groups is 3. The van der Waals surface area contributed by atoms with Crippen LogP contribution in [-0.2, 0) is 19.8 Å². The van der Waals surface area contributed by atoms with Gasteiger partial charge in [-0.05, 0) is 37.9 Å². The summed E-state index contributed by atoms with van der Waals surface area (Å²) >= 11 is 1.70. The van der Waals surface area contributed by atoms with Crippen molar-refractivity contribution in [1.82, 2.24) is 4.90 Å². The van der Waals surface area contributed by atoms with Crippen molar-refractivity contribution in [2.24, 2.45) is 17.6 Å². The van der Waals surface area contributed by atoms with Gasteiger partial charge in [-0.15, -0.1) is 0 Å². The molecule has 11 heteroatoms. The molecule has 42 heavy (non-hydrogen) atoms. The van der Waals surface area contributed by atoms with Crippen molar-refractivity contribution in [1.29, 1.82) is 0 Å². The van der Waals surface area contributed by atoms with Crippen molar-refractivity contribution >= 4 is 35.0 Å². The van der Waals surface area contributed by atoms with Crippen molar-refractivity contribution < 1.29 is 39.9 Å². The fraction of sp³-hybridized carbons (Fsp3) is 0.581. The van der Waals surface area contributed by atoms with Crippen LogP contribution < -0.4 is 5.73 Å². The van der Waals surface area contributed by atoms with E-state index in [2.05, 4.69) is 0 Å². The molecule has 1 aromatic carbocycles. The monoisotopic (exact) mass is 600 g/mol. The Morgan fingerprint density at radius 1 is 1.12 bits per heavy atom. The number of amides is 1. The first-order valence-electron chi connectivity index (χ1n) is 14.4. The van der Waals surface area contributed by atoms with Gasteiger partial charge in [0.15, 0.2) is 11.4 Å². The number of rotatable bonds is 5. The van der Waals surface area contributed by atoms with E-state index < -0.39 is 75.5 Å². The van der Waals surface area contributed by atoms with Crippen LogP contribution in [0.5, 0.6) is 5.75 Å². The molecule has 4 aliphatic carbocycles. The Morgan fingerprint density at radius 3 is 2.29 bits per heavy atom. The lowest BCUT2D eigenvalue weighted by Crippen LogP contribution is -2.70. The molecule has 0 radical (unpaired) electrons. The molecule has 0 aromatic heterocycles. The summed E-state index contributed by atoms with van der Waals surface area (Å²) in [7, 11) is 3.00. The Hall–Kier alpha value is -2.86. The first-order chi connectivity index (χ1) is 19.5. The molecule has 4 unspecified atom stereocenters. The number of ketones is 2. The van der Waals surface area contributed by atoms with Gasteiger partial charge in [-0.3, -0.25) is 19.3 Å². The molecule has 4 aliphatic rings. The average molecular weight is 601 g/mol. The number of primary amides is 1. The molecular formula is C31H40N2O8S. The maximum absolute atomic E-state index is 14.4. The van der Waals surface area contributed by atoms with Gasteiger partial charge in [-0.2, -0.15) is 11.8 Å². The van der Waals surface area contributed by atoms with Crippen molar-refractivity contribution in [3.63, 3.8) is 0 Å². The minimum absolute atomic E-state index is 0.0444. The highest BCUT2D eigenvalue weighted by Crippen LogP contribution is 2.57. The number of aromatic hydroxyl groups is 1.